The number of hydrogen-bond acceptors (Lipinski definition) is 2. The molecular formula is C8H12ClNO. The van der Waals surface area contributed by atoms with Crippen molar-refractivity contribution < 1.29 is 4.42 Å². The van der Waals surface area contributed by atoms with Gasteiger partial charge in [0, 0.05) is 12.0 Å². The molecular weight excluding hydrogens is 162 g/mol. The third-order valence-corrected chi connectivity index (χ3v) is 2.25. The van der Waals surface area contributed by atoms with Gasteiger partial charge in [-0.1, -0.05) is 11.6 Å². The first-order chi connectivity index (χ1) is 5.16. The minimum atomic E-state index is 0.601. The highest BCUT2D eigenvalue weighted by atomic mass is 35.5. The van der Waals surface area contributed by atoms with E-state index in [2.05, 4.69) is 0 Å². The van der Waals surface area contributed by atoms with Crippen LogP contribution >= 0.6 is 11.6 Å². The second-order valence-corrected chi connectivity index (χ2v) is 2.94. The van der Waals surface area contributed by atoms with Crippen LogP contribution in [-0.4, -0.2) is 6.54 Å². The van der Waals surface area contributed by atoms with E-state index >= 15 is 0 Å². The molecule has 11 heavy (non-hydrogen) atoms. The first kappa shape index (κ1) is 8.62. The highest BCUT2D eigenvalue weighted by Gasteiger charge is 2.10. The lowest BCUT2D eigenvalue weighted by Gasteiger charge is -1.92. The summed E-state index contributed by atoms with van der Waals surface area (Å²) in [6.07, 6.45) is 0.763. The van der Waals surface area contributed by atoms with Gasteiger partial charge in [0.1, 0.15) is 11.5 Å². The van der Waals surface area contributed by atoms with Gasteiger partial charge in [0.25, 0.3) is 0 Å². The summed E-state index contributed by atoms with van der Waals surface area (Å²) in [5.41, 5.74) is 6.41. The highest BCUT2D eigenvalue weighted by Crippen LogP contribution is 2.26. The van der Waals surface area contributed by atoms with Gasteiger partial charge in [-0.25, -0.2) is 0 Å². The molecule has 62 valence electrons. The second-order valence-electron chi connectivity index (χ2n) is 2.56. The van der Waals surface area contributed by atoms with E-state index in [1.807, 2.05) is 13.8 Å². The van der Waals surface area contributed by atoms with Crippen LogP contribution in [0.4, 0.5) is 0 Å². The number of halogens is 1. The van der Waals surface area contributed by atoms with Crippen molar-refractivity contribution >= 4 is 11.6 Å². The monoisotopic (exact) mass is 173 g/mol. The Morgan fingerprint density at radius 1 is 1.45 bits per heavy atom. The minimum absolute atomic E-state index is 0.601. The molecule has 1 rings (SSSR count). The second kappa shape index (κ2) is 3.28. The molecule has 0 aliphatic rings. The SMILES string of the molecule is Cc1oc(CCN)c(C)c1Cl. The van der Waals surface area contributed by atoms with E-state index in [0.29, 0.717) is 6.54 Å². The molecule has 0 atom stereocenters. The normalized spacial score (nSPS) is 10.5. The van der Waals surface area contributed by atoms with Crippen LogP contribution in [0, 0.1) is 13.8 Å². The van der Waals surface area contributed by atoms with E-state index in [4.69, 9.17) is 21.8 Å². The minimum Gasteiger partial charge on any atom is -0.464 e. The van der Waals surface area contributed by atoms with Crippen LogP contribution < -0.4 is 5.73 Å². The Labute approximate surface area is 71.3 Å². The van der Waals surface area contributed by atoms with Crippen molar-refractivity contribution in [2.45, 2.75) is 20.3 Å². The van der Waals surface area contributed by atoms with Crippen molar-refractivity contribution in [1.82, 2.24) is 0 Å². The summed E-state index contributed by atoms with van der Waals surface area (Å²) in [6.45, 7) is 4.41. The molecule has 1 aromatic rings. The third kappa shape index (κ3) is 1.57. The lowest BCUT2D eigenvalue weighted by molar-refractivity contribution is 0.482. The standard InChI is InChI=1S/C8H12ClNO/c1-5-7(3-4-10)11-6(2)8(5)9/h3-4,10H2,1-2H3. The molecule has 0 aromatic carbocycles. The quantitative estimate of drug-likeness (QED) is 0.744. The summed E-state index contributed by atoms with van der Waals surface area (Å²) < 4.78 is 5.37. The summed E-state index contributed by atoms with van der Waals surface area (Å²) in [5.74, 6) is 1.70. The lowest BCUT2D eigenvalue weighted by atomic mass is 10.2. The lowest BCUT2D eigenvalue weighted by Crippen LogP contribution is -2.02. The van der Waals surface area contributed by atoms with Crippen LogP contribution in [-0.2, 0) is 6.42 Å². The van der Waals surface area contributed by atoms with Gasteiger partial charge in [0.15, 0.2) is 0 Å². The topological polar surface area (TPSA) is 39.2 Å². The molecule has 0 radical (unpaired) electrons. The van der Waals surface area contributed by atoms with Gasteiger partial charge in [-0.15, -0.1) is 0 Å². The average Bonchev–Trinajstić information content (AvgIpc) is 2.19. The van der Waals surface area contributed by atoms with E-state index in [1.165, 1.54) is 0 Å². The summed E-state index contributed by atoms with van der Waals surface area (Å²) in [7, 11) is 0. The Bertz CT molecular complexity index is 255. The first-order valence-electron chi connectivity index (χ1n) is 3.61. The summed E-state index contributed by atoms with van der Waals surface area (Å²) in [6, 6.07) is 0. The summed E-state index contributed by atoms with van der Waals surface area (Å²) >= 11 is 5.90. The molecule has 0 aliphatic heterocycles. The van der Waals surface area contributed by atoms with Crippen molar-refractivity contribution in [3.05, 3.63) is 22.1 Å². The molecule has 0 spiro atoms. The van der Waals surface area contributed by atoms with Crippen LogP contribution in [0.25, 0.3) is 0 Å². The highest BCUT2D eigenvalue weighted by molar-refractivity contribution is 6.32. The van der Waals surface area contributed by atoms with Gasteiger partial charge in [-0.3, -0.25) is 0 Å². The molecule has 0 amide bonds. The molecule has 0 saturated carbocycles. The van der Waals surface area contributed by atoms with Gasteiger partial charge in [-0.2, -0.15) is 0 Å². The predicted molar refractivity (Wildman–Crippen MR) is 46.0 cm³/mol. The fraction of sp³-hybridized carbons (Fsp3) is 0.500. The molecule has 0 fully saturated rings. The Balaban J connectivity index is 2.98. The van der Waals surface area contributed by atoms with Gasteiger partial charge >= 0.3 is 0 Å². The molecule has 3 heteroatoms. The molecule has 2 nitrogen and oxygen atoms in total. The van der Waals surface area contributed by atoms with Gasteiger partial charge in [0.05, 0.1) is 5.02 Å². The van der Waals surface area contributed by atoms with Crippen molar-refractivity contribution in [3.8, 4) is 0 Å². The molecule has 1 aromatic heterocycles. The summed E-state index contributed by atoms with van der Waals surface area (Å²) in [5, 5.41) is 0.730. The Morgan fingerprint density at radius 3 is 2.45 bits per heavy atom. The number of furan rings is 1. The maximum absolute atomic E-state index is 5.90. The van der Waals surface area contributed by atoms with Gasteiger partial charge in [-0.05, 0) is 20.4 Å². The van der Waals surface area contributed by atoms with Gasteiger partial charge < -0.3 is 10.2 Å². The van der Waals surface area contributed by atoms with Crippen LogP contribution in [0.1, 0.15) is 17.1 Å². The van der Waals surface area contributed by atoms with Crippen molar-refractivity contribution in [3.63, 3.8) is 0 Å². The fourth-order valence-corrected chi connectivity index (χ4v) is 1.21. The van der Waals surface area contributed by atoms with E-state index in [0.717, 1.165) is 28.5 Å². The van der Waals surface area contributed by atoms with Crippen LogP contribution in [0.15, 0.2) is 4.42 Å². The molecule has 0 unspecified atom stereocenters. The largest absolute Gasteiger partial charge is 0.464 e. The zero-order chi connectivity index (χ0) is 8.43. The number of hydrogen-bond donors (Lipinski definition) is 1. The number of nitrogens with two attached hydrogens (primary N) is 1. The third-order valence-electron chi connectivity index (χ3n) is 1.70. The molecule has 0 bridgehead atoms. The Hall–Kier alpha value is -0.470. The van der Waals surface area contributed by atoms with E-state index in [9.17, 15) is 0 Å². The maximum Gasteiger partial charge on any atom is 0.119 e. The Kier molecular flexibility index (Phi) is 2.58. The average molecular weight is 174 g/mol. The maximum atomic E-state index is 5.90. The summed E-state index contributed by atoms with van der Waals surface area (Å²) in [4.78, 5) is 0. The van der Waals surface area contributed by atoms with Crippen molar-refractivity contribution in [1.29, 1.82) is 0 Å². The zero-order valence-electron chi connectivity index (χ0n) is 6.78. The van der Waals surface area contributed by atoms with E-state index in [1.54, 1.807) is 0 Å². The Morgan fingerprint density at radius 2 is 2.09 bits per heavy atom. The fourth-order valence-electron chi connectivity index (χ4n) is 1.06. The molecule has 1 heterocycles. The van der Waals surface area contributed by atoms with Crippen molar-refractivity contribution in [2.24, 2.45) is 5.73 Å². The van der Waals surface area contributed by atoms with E-state index < -0.39 is 0 Å². The predicted octanol–water partition coefficient (Wildman–Crippen LogP) is 2.05. The van der Waals surface area contributed by atoms with Crippen LogP contribution in [0.3, 0.4) is 0 Å². The number of aryl methyl sites for hydroxylation is 1. The van der Waals surface area contributed by atoms with Crippen LogP contribution in [0.5, 0.6) is 0 Å². The number of rotatable bonds is 2. The first-order valence-corrected chi connectivity index (χ1v) is 3.99. The molecule has 0 saturated heterocycles. The van der Waals surface area contributed by atoms with Gasteiger partial charge in [0.2, 0.25) is 0 Å². The van der Waals surface area contributed by atoms with E-state index in [-0.39, 0.29) is 0 Å². The smallest absolute Gasteiger partial charge is 0.119 e. The zero-order valence-corrected chi connectivity index (χ0v) is 7.53. The molecule has 0 aliphatic carbocycles. The van der Waals surface area contributed by atoms with Crippen LogP contribution in [0.2, 0.25) is 5.02 Å². The molecule has 2 N–H and O–H groups in total. The van der Waals surface area contributed by atoms with Crippen molar-refractivity contribution in [2.75, 3.05) is 6.54 Å².